The van der Waals surface area contributed by atoms with Gasteiger partial charge in [0, 0.05) is 37.4 Å². The predicted octanol–water partition coefficient (Wildman–Crippen LogP) is 1.35. The van der Waals surface area contributed by atoms with Gasteiger partial charge in [-0.05, 0) is 37.6 Å². The number of rotatable bonds is 2. The Kier molecular flexibility index (Phi) is 4.10. The fourth-order valence-electron chi connectivity index (χ4n) is 4.11. The summed E-state index contributed by atoms with van der Waals surface area (Å²) in [5.41, 5.74) is 1.05. The molecular formula is C17H22ClN5O2. The number of urea groups is 1. The van der Waals surface area contributed by atoms with E-state index in [1.807, 2.05) is 31.2 Å². The third-order valence-corrected chi connectivity index (χ3v) is 5.60. The van der Waals surface area contributed by atoms with Crippen LogP contribution in [0.3, 0.4) is 0 Å². The Morgan fingerprint density at radius 2 is 1.92 bits per heavy atom. The van der Waals surface area contributed by atoms with Crippen LogP contribution in [0, 0.1) is 0 Å². The molecule has 134 valence electrons. The van der Waals surface area contributed by atoms with Crippen molar-refractivity contribution in [1.82, 2.24) is 20.0 Å². The summed E-state index contributed by atoms with van der Waals surface area (Å²) in [4.78, 5) is 32.7. The Morgan fingerprint density at radius 1 is 1.20 bits per heavy atom. The van der Waals surface area contributed by atoms with Crippen LogP contribution in [0.2, 0.25) is 5.02 Å². The number of nitrogens with zero attached hydrogens (tertiary/aromatic N) is 4. The molecule has 0 saturated carbocycles. The number of carbonyl (C=O) groups is 2. The highest BCUT2D eigenvalue weighted by Gasteiger charge is 2.55. The van der Waals surface area contributed by atoms with Crippen molar-refractivity contribution in [2.75, 3.05) is 31.6 Å². The first-order chi connectivity index (χ1) is 12.0. The molecule has 3 amide bonds. The van der Waals surface area contributed by atoms with E-state index in [0.29, 0.717) is 11.6 Å². The molecule has 0 aromatic heterocycles. The predicted molar refractivity (Wildman–Crippen MR) is 95.2 cm³/mol. The molecule has 1 aromatic rings. The Balaban J connectivity index is 1.66. The van der Waals surface area contributed by atoms with Crippen LogP contribution in [0.4, 0.5) is 10.5 Å². The van der Waals surface area contributed by atoms with Crippen molar-refractivity contribution in [1.29, 1.82) is 0 Å². The van der Waals surface area contributed by atoms with Gasteiger partial charge in [-0.1, -0.05) is 11.6 Å². The lowest BCUT2D eigenvalue weighted by Crippen LogP contribution is -2.66. The molecule has 0 radical (unpaired) electrons. The molecule has 7 nitrogen and oxygen atoms in total. The monoisotopic (exact) mass is 363 g/mol. The highest BCUT2D eigenvalue weighted by atomic mass is 35.5. The van der Waals surface area contributed by atoms with E-state index >= 15 is 0 Å². The van der Waals surface area contributed by atoms with E-state index in [9.17, 15) is 9.59 Å². The SMILES string of the molecule is CCN1C(=O)C2C(NC3N(c4ccc(Cl)cc4)CCCN23)N(C)C1=O. The number of likely N-dealkylation sites (N-methyl/N-ethyl adjacent to an activating group) is 2. The Hall–Kier alpha value is -1.83. The molecule has 0 spiro atoms. The molecule has 0 bridgehead atoms. The number of nitrogens with one attached hydrogen (secondary N) is 1. The summed E-state index contributed by atoms with van der Waals surface area (Å²) in [5, 5.41) is 4.19. The van der Waals surface area contributed by atoms with Gasteiger partial charge >= 0.3 is 6.03 Å². The minimum atomic E-state index is -0.345. The molecule has 25 heavy (non-hydrogen) atoms. The molecular weight excluding hydrogens is 342 g/mol. The van der Waals surface area contributed by atoms with Crippen LogP contribution in [0.25, 0.3) is 0 Å². The number of halogens is 1. The number of hydrogen-bond donors (Lipinski definition) is 1. The normalized spacial score (nSPS) is 29.9. The van der Waals surface area contributed by atoms with Gasteiger partial charge < -0.3 is 9.80 Å². The fourth-order valence-corrected chi connectivity index (χ4v) is 4.23. The van der Waals surface area contributed by atoms with Crippen LogP contribution in [0.5, 0.6) is 0 Å². The second-order valence-corrected chi connectivity index (χ2v) is 7.10. The molecule has 3 aliphatic heterocycles. The maximum Gasteiger partial charge on any atom is 0.327 e. The van der Waals surface area contributed by atoms with E-state index in [-0.39, 0.29) is 30.4 Å². The van der Waals surface area contributed by atoms with Gasteiger partial charge in [0.25, 0.3) is 5.91 Å². The molecule has 1 aromatic carbocycles. The van der Waals surface area contributed by atoms with Crippen LogP contribution in [0.15, 0.2) is 24.3 Å². The van der Waals surface area contributed by atoms with E-state index in [0.717, 1.165) is 25.2 Å². The van der Waals surface area contributed by atoms with Gasteiger partial charge in [-0.25, -0.2) is 4.79 Å². The molecule has 4 rings (SSSR count). The van der Waals surface area contributed by atoms with Gasteiger partial charge in [0.05, 0.1) is 0 Å². The molecule has 1 N–H and O–H groups in total. The summed E-state index contributed by atoms with van der Waals surface area (Å²) < 4.78 is 0. The molecule has 3 atom stereocenters. The van der Waals surface area contributed by atoms with Crippen molar-refractivity contribution < 1.29 is 9.59 Å². The molecule has 0 aliphatic carbocycles. The van der Waals surface area contributed by atoms with Crippen molar-refractivity contribution in [3.63, 3.8) is 0 Å². The highest BCUT2D eigenvalue weighted by Crippen LogP contribution is 2.33. The molecule has 3 unspecified atom stereocenters. The summed E-state index contributed by atoms with van der Waals surface area (Å²) in [5.74, 6) is -0.108. The zero-order valence-electron chi connectivity index (χ0n) is 14.4. The molecule has 3 saturated heterocycles. The second-order valence-electron chi connectivity index (χ2n) is 6.67. The first-order valence-electron chi connectivity index (χ1n) is 8.65. The smallest absolute Gasteiger partial charge is 0.327 e. The lowest BCUT2D eigenvalue weighted by molar-refractivity contribution is -0.138. The van der Waals surface area contributed by atoms with Crippen molar-refractivity contribution >= 4 is 29.2 Å². The first kappa shape index (κ1) is 16.6. The van der Waals surface area contributed by atoms with E-state index < -0.39 is 0 Å². The Morgan fingerprint density at radius 3 is 2.60 bits per heavy atom. The lowest BCUT2D eigenvalue weighted by Gasteiger charge is -2.43. The molecule has 3 aliphatic rings. The summed E-state index contributed by atoms with van der Waals surface area (Å²) in [6.07, 6.45) is 0.544. The number of hydrogen-bond acceptors (Lipinski definition) is 5. The van der Waals surface area contributed by atoms with Gasteiger partial charge in [0.2, 0.25) is 0 Å². The summed E-state index contributed by atoms with van der Waals surface area (Å²) in [6, 6.07) is 7.14. The van der Waals surface area contributed by atoms with Crippen molar-refractivity contribution in [3.05, 3.63) is 29.3 Å². The third kappa shape index (κ3) is 2.49. The Bertz CT molecular complexity index is 697. The van der Waals surface area contributed by atoms with Crippen molar-refractivity contribution in [2.45, 2.75) is 31.8 Å². The molecule has 3 heterocycles. The van der Waals surface area contributed by atoms with Crippen LogP contribution in [-0.2, 0) is 4.79 Å². The van der Waals surface area contributed by atoms with Crippen molar-refractivity contribution in [3.8, 4) is 0 Å². The zero-order valence-corrected chi connectivity index (χ0v) is 15.1. The molecule has 3 fully saturated rings. The van der Waals surface area contributed by atoms with Crippen LogP contribution in [0.1, 0.15) is 13.3 Å². The number of anilines is 1. The minimum absolute atomic E-state index is 0.108. The number of imide groups is 1. The van der Waals surface area contributed by atoms with E-state index in [1.54, 1.807) is 11.9 Å². The van der Waals surface area contributed by atoms with Crippen LogP contribution >= 0.6 is 11.6 Å². The molecule has 8 heteroatoms. The number of fused-ring (bicyclic) bond motifs is 3. The van der Waals surface area contributed by atoms with Crippen molar-refractivity contribution in [2.24, 2.45) is 0 Å². The quantitative estimate of drug-likeness (QED) is 0.859. The topological polar surface area (TPSA) is 59.1 Å². The van der Waals surface area contributed by atoms with Crippen LogP contribution in [-0.4, -0.2) is 71.8 Å². The van der Waals surface area contributed by atoms with Gasteiger partial charge in [-0.2, -0.15) is 0 Å². The number of benzene rings is 1. The average Bonchev–Trinajstić information content (AvgIpc) is 3.01. The number of carbonyl (C=O) groups excluding carboxylic acids is 2. The lowest BCUT2D eigenvalue weighted by atomic mass is 10.1. The number of amides is 3. The highest BCUT2D eigenvalue weighted by molar-refractivity contribution is 6.30. The van der Waals surface area contributed by atoms with Gasteiger partial charge in [0.1, 0.15) is 18.5 Å². The minimum Gasteiger partial charge on any atom is -0.343 e. The standard InChI is InChI=1S/C17H22ClN5O2/c1-3-21-15(24)13-14(20(2)17(21)25)19-16-22(9-4-10-23(13)16)12-7-5-11(18)6-8-12/h5-8,13-14,16,19H,3-4,9-10H2,1-2H3. The summed E-state index contributed by atoms with van der Waals surface area (Å²) in [7, 11) is 1.76. The maximum absolute atomic E-state index is 12.9. The third-order valence-electron chi connectivity index (χ3n) is 5.34. The Labute approximate surface area is 152 Å². The van der Waals surface area contributed by atoms with Crippen LogP contribution < -0.4 is 10.2 Å². The van der Waals surface area contributed by atoms with E-state index in [2.05, 4.69) is 15.1 Å². The summed E-state index contributed by atoms with van der Waals surface area (Å²) >= 11 is 6.01. The van der Waals surface area contributed by atoms with Gasteiger partial charge in [0.15, 0.2) is 0 Å². The maximum atomic E-state index is 12.9. The largest absolute Gasteiger partial charge is 0.343 e. The van der Waals surface area contributed by atoms with Gasteiger partial charge in [-0.15, -0.1) is 0 Å². The second kappa shape index (κ2) is 6.16. The fraction of sp³-hybridized carbons (Fsp3) is 0.529. The van der Waals surface area contributed by atoms with E-state index in [4.69, 9.17) is 11.6 Å². The summed E-state index contributed by atoms with van der Waals surface area (Å²) in [6.45, 7) is 3.94. The average molecular weight is 364 g/mol. The zero-order chi connectivity index (χ0) is 17.7. The first-order valence-corrected chi connectivity index (χ1v) is 9.03. The van der Waals surface area contributed by atoms with E-state index in [1.165, 1.54) is 4.90 Å². The van der Waals surface area contributed by atoms with Gasteiger partial charge in [-0.3, -0.25) is 19.9 Å².